The SMILES string of the molecule is COc1cccc(NC(=O)CSC2=C(C#N)C(c3ccc(OCc4ccccc4)cc3)C3=C(CCCC3=O)N2)c1. The number of nitriles is 1. The zero-order valence-corrected chi connectivity index (χ0v) is 22.9. The van der Waals surface area contributed by atoms with Crippen LogP contribution in [0.4, 0.5) is 5.69 Å². The maximum absolute atomic E-state index is 13.1. The molecule has 2 N–H and O–H groups in total. The number of benzene rings is 3. The second kappa shape index (κ2) is 12.6. The number of anilines is 1. The second-order valence-electron chi connectivity index (χ2n) is 9.49. The number of ketones is 1. The number of ether oxygens (including phenoxy) is 2. The molecule has 0 radical (unpaired) electrons. The first-order valence-electron chi connectivity index (χ1n) is 13.1. The van der Waals surface area contributed by atoms with Crippen LogP contribution in [0.1, 0.15) is 36.3 Å². The van der Waals surface area contributed by atoms with Crippen LogP contribution in [0.25, 0.3) is 0 Å². The van der Waals surface area contributed by atoms with Crippen LogP contribution in [0, 0.1) is 11.3 Å². The number of carbonyl (C=O) groups excluding carboxylic acids is 2. The molecule has 0 fully saturated rings. The minimum absolute atomic E-state index is 0.0516. The molecule has 1 aliphatic carbocycles. The Kier molecular flexibility index (Phi) is 8.53. The highest BCUT2D eigenvalue weighted by Gasteiger charge is 2.37. The van der Waals surface area contributed by atoms with E-state index in [0.717, 1.165) is 23.2 Å². The Balaban J connectivity index is 1.36. The van der Waals surface area contributed by atoms with E-state index in [2.05, 4.69) is 16.7 Å². The Morgan fingerprint density at radius 1 is 1.05 bits per heavy atom. The number of nitrogens with zero attached hydrogens (tertiary/aromatic N) is 1. The van der Waals surface area contributed by atoms with E-state index in [-0.39, 0.29) is 17.4 Å². The minimum atomic E-state index is -0.499. The van der Waals surface area contributed by atoms with Gasteiger partial charge in [-0.15, -0.1) is 0 Å². The summed E-state index contributed by atoms with van der Waals surface area (Å²) in [5, 5.41) is 17.1. The van der Waals surface area contributed by atoms with Crippen molar-refractivity contribution in [3.05, 3.63) is 112 Å². The van der Waals surface area contributed by atoms with Crippen LogP contribution in [0.2, 0.25) is 0 Å². The Morgan fingerprint density at radius 2 is 1.85 bits per heavy atom. The molecule has 1 unspecified atom stereocenters. The summed E-state index contributed by atoms with van der Waals surface area (Å²) in [4.78, 5) is 25.8. The van der Waals surface area contributed by atoms with E-state index in [4.69, 9.17) is 9.47 Å². The number of rotatable bonds is 9. The van der Waals surface area contributed by atoms with Gasteiger partial charge in [-0.05, 0) is 48.2 Å². The number of hydrogen-bond acceptors (Lipinski definition) is 7. The minimum Gasteiger partial charge on any atom is -0.497 e. The number of methoxy groups -OCH3 is 1. The number of carbonyl (C=O) groups is 2. The van der Waals surface area contributed by atoms with Crippen LogP contribution in [0.5, 0.6) is 11.5 Å². The molecule has 0 saturated heterocycles. The summed E-state index contributed by atoms with van der Waals surface area (Å²) in [6.45, 7) is 0.448. The van der Waals surface area contributed by atoms with E-state index in [1.165, 1.54) is 11.8 Å². The lowest BCUT2D eigenvalue weighted by Crippen LogP contribution is -2.31. The van der Waals surface area contributed by atoms with Gasteiger partial charge < -0.3 is 20.1 Å². The van der Waals surface area contributed by atoms with Gasteiger partial charge in [0.05, 0.1) is 35.5 Å². The lowest BCUT2D eigenvalue weighted by Gasteiger charge is -2.33. The van der Waals surface area contributed by atoms with Gasteiger partial charge in [0, 0.05) is 29.4 Å². The van der Waals surface area contributed by atoms with E-state index in [0.29, 0.717) is 52.8 Å². The average Bonchev–Trinajstić information content (AvgIpc) is 2.99. The molecule has 0 aromatic heterocycles. The van der Waals surface area contributed by atoms with Crippen molar-refractivity contribution in [1.82, 2.24) is 5.32 Å². The average molecular weight is 552 g/mol. The summed E-state index contributed by atoms with van der Waals surface area (Å²) >= 11 is 1.26. The first kappa shape index (κ1) is 27.1. The summed E-state index contributed by atoms with van der Waals surface area (Å²) in [6.07, 6.45) is 1.92. The molecule has 1 atom stereocenters. The molecule has 5 rings (SSSR count). The quantitative estimate of drug-likeness (QED) is 0.333. The molecular weight excluding hydrogens is 522 g/mol. The summed E-state index contributed by atoms with van der Waals surface area (Å²) in [5.41, 5.74) is 4.45. The molecule has 0 spiro atoms. The third-order valence-corrected chi connectivity index (χ3v) is 7.84. The molecule has 8 heteroatoms. The maximum Gasteiger partial charge on any atom is 0.234 e. The lowest BCUT2D eigenvalue weighted by molar-refractivity contribution is -0.116. The van der Waals surface area contributed by atoms with Crippen molar-refractivity contribution in [2.24, 2.45) is 0 Å². The molecule has 7 nitrogen and oxygen atoms in total. The van der Waals surface area contributed by atoms with Gasteiger partial charge in [0.2, 0.25) is 5.91 Å². The fraction of sp³-hybridized carbons (Fsp3) is 0.219. The number of nitrogens with one attached hydrogen (secondary N) is 2. The fourth-order valence-electron chi connectivity index (χ4n) is 4.90. The molecule has 1 amide bonds. The van der Waals surface area contributed by atoms with Crippen LogP contribution >= 0.6 is 11.8 Å². The van der Waals surface area contributed by atoms with Crippen molar-refractivity contribution >= 4 is 29.1 Å². The highest BCUT2D eigenvalue weighted by atomic mass is 32.2. The van der Waals surface area contributed by atoms with Crippen molar-refractivity contribution < 1.29 is 19.1 Å². The second-order valence-corrected chi connectivity index (χ2v) is 10.5. The molecule has 1 heterocycles. The lowest BCUT2D eigenvalue weighted by atomic mass is 9.77. The first-order chi connectivity index (χ1) is 19.6. The van der Waals surface area contributed by atoms with Crippen LogP contribution in [-0.2, 0) is 16.2 Å². The molecule has 202 valence electrons. The van der Waals surface area contributed by atoms with Crippen molar-refractivity contribution in [3.63, 3.8) is 0 Å². The van der Waals surface area contributed by atoms with Gasteiger partial charge >= 0.3 is 0 Å². The number of hydrogen-bond donors (Lipinski definition) is 2. The Bertz CT molecular complexity index is 1510. The van der Waals surface area contributed by atoms with E-state index in [1.54, 1.807) is 31.4 Å². The van der Waals surface area contributed by atoms with Crippen molar-refractivity contribution in [2.75, 3.05) is 18.2 Å². The van der Waals surface area contributed by atoms with Gasteiger partial charge in [-0.25, -0.2) is 0 Å². The number of allylic oxidation sites excluding steroid dienone is 3. The van der Waals surface area contributed by atoms with E-state index in [1.807, 2.05) is 54.6 Å². The largest absolute Gasteiger partial charge is 0.497 e. The third-order valence-electron chi connectivity index (χ3n) is 6.83. The summed E-state index contributed by atoms with van der Waals surface area (Å²) in [5.74, 6) is 0.796. The third kappa shape index (κ3) is 6.22. The highest BCUT2D eigenvalue weighted by molar-refractivity contribution is 8.03. The zero-order chi connectivity index (χ0) is 27.9. The summed E-state index contributed by atoms with van der Waals surface area (Å²) in [7, 11) is 1.57. The number of dihydropyridines is 1. The van der Waals surface area contributed by atoms with Crippen molar-refractivity contribution in [1.29, 1.82) is 5.26 Å². The molecule has 3 aromatic carbocycles. The van der Waals surface area contributed by atoms with Crippen LogP contribution < -0.4 is 20.1 Å². The maximum atomic E-state index is 13.1. The van der Waals surface area contributed by atoms with Crippen molar-refractivity contribution in [3.8, 4) is 17.6 Å². The zero-order valence-electron chi connectivity index (χ0n) is 22.1. The van der Waals surface area contributed by atoms with Crippen molar-refractivity contribution in [2.45, 2.75) is 31.8 Å². The summed E-state index contributed by atoms with van der Waals surface area (Å²) < 4.78 is 11.2. The van der Waals surface area contributed by atoms with Crippen LogP contribution in [0.3, 0.4) is 0 Å². The molecule has 2 aliphatic rings. The number of amides is 1. The van der Waals surface area contributed by atoms with Crippen LogP contribution in [-0.4, -0.2) is 24.6 Å². The molecule has 3 aromatic rings. The van der Waals surface area contributed by atoms with Gasteiger partial charge in [-0.3, -0.25) is 9.59 Å². The predicted octanol–water partition coefficient (Wildman–Crippen LogP) is 6.08. The van der Waals surface area contributed by atoms with Gasteiger partial charge in [0.15, 0.2) is 5.78 Å². The Labute approximate surface area is 237 Å². The normalized spacial score (nSPS) is 16.5. The van der Waals surface area contributed by atoms with E-state index in [9.17, 15) is 14.9 Å². The highest BCUT2D eigenvalue weighted by Crippen LogP contribution is 2.44. The number of Topliss-reactive ketones (excluding diaryl/α,β-unsaturated/α-hetero) is 1. The van der Waals surface area contributed by atoms with Crippen LogP contribution in [0.15, 0.2) is 101 Å². The van der Waals surface area contributed by atoms with Gasteiger partial charge in [0.25, 0.3) is 0 Å². The van der Waals surface area contributed by atoms with E-state index < -0.39 is 5.92 Å². The number of thioether (sulfide) groups is 1. The molecule has 0 saturated carbocycles. The monoisotopic (exact) mass is 551 g/mol. The fourth-order valence-corrected chi connectivity index (χ4v) is 5.77. The predicted molar refractivity (Wildman–Crippen MR) is 156 cm³/mol. The standard InChI is InChI=1S/C32H29N3O4S/c1-38-25-10-5-9-23(17-25)34-29(37)20-40-32-26(18-33)30(31-27(35-32)11-6-12-28(31)36)22-13-15-24(16-14-22)39-19-21-7-3-2-4-8-21/h2-5,7-10,13-17,30,35H,6,11-12,19-20H2,1H3,(H,34,37). The molecule has 0 bridgehead atoms. The van der Waals surface area contributed by atoms with Gasteiger partial charge in [-0.2, -0.15) is 5.26 Å². The molecule has 40 heavy (non-hydrogen) atoms. The van der Waals surface area contributed by atoms with Gasteiger partial charge in [0.1, 0.15) is 18.1 Å². The smallest absolute Gasteiger partial charge is 0.234 e. The Morgan fingerprint density at radius 3 is 2.60 bits per heavy atom. The summed E-state index contributed by atoms with van der Waals surface area (Å²) in [6, 6.07) is 27.0. The van der Waals surface area contributed by atoms with E-state index >= 15 is 0 Å². The first-order valence-corrected chi connectivity index (χ1v) is 14.0. The molecule has 1 aliphatic heterocycles. The van der Waals surface area contributed by atoms with Gasteiger partial charge in [-0.1, -0.05) is 60.3 Å². The molecular formula is C32H29N3O4S. The topological polar surface area (TPSA) is 100 Å². The Hall–Kier alpha value is -4.48.